The third kappa shape index (κ3) is 2.59. The molecule has 0 unspecified atom stereocenters. The van der Waals surface area contributed by atoms with Crippen LogP contribution in [-0.2, 0) is 0 Å². The quantitative estimate of drug-likeness (QED) is 0.735. The molecule has 0 spiro atoms. The number of fused-ring (bicyclic) bond motifs is 1. The Morgan fingerprint density at radius 3 is 2.80 bits per heavy atom. The van der Waals surface area contributed by atoms with Crippen LogP contribution in [0.4, 0.5) is 5.13 Å². The molecule has 2 aromatic carbocycles. The van der Waals surface area contributed by atoms with Crippen molar-refractivity contribution in [3.05, 3.63) is 58.1 Å². The molecule has 1 N–H and O–H groups in total. The first kappa shape index (κ1) is 13.3. The van der Waals surface area contributed by atoms with Crippen molar-refractivity contribution < 1.29 is 4.79 Å². The fraction of sp³-hybridized carbons (Fsp3) is 0.0667. The minimum absolute atomic E-state index is 0.157. The Morgan fingerprint density at radius 2 is 2.05 bits per heavy atom. The molecule has 3 aromatic rings. The Bertz CT molecular complexity index is 764. The van der Waals surface area contributed by atoms with Gasteiger partial charge in [-0.1, -0.05) is 29.5 Å². The summed E-state index contributed by atoms with van der Waals surface area (Å²) in [4.78, 5) is 16.6. The highest BCUT2D eigenvalue weighted by molar-refractivity contribution is 9.10. The fourth-order valence-electron chi connectivity index (χ4n) is 1.89. The van der Waals surface area contributed by atoms with E-state index in [4.69, 9.17) is 0 Å². The molecule has 3 rings (SSSR count). The van der Waals surface area contributed by atoms with Gasteiger partial charge in [-0.3, -0.25) is 10.1 Å². The van der Waals surface area contributed by atoms with Crippen molar-refractivity contribution in [2.24, 2.45) is 0 Å². The van der Waals surface area contributed by atoms with E-state index in [0.29, 0.717) is 10.7 Å². The third-order valence-electron chi connectivity index (χ3n) is 2.88. The van der Waals surface area contributed by atoms with E-state index in [0.717, 1.165) is 20.3 Å². The van der Waals surface area contributed by atoms with Gasteiger partial charge in [0.05, 0.1) is 15.8 Å². The van der Waals surface area contributed by atoms with E-state index in [1.807, 2.05) is 49.4 Å². The summed E-state index contributed by atoms with van der Waals surface area (Å²) in [6.07, 6.45) is 0. The Hall–Kier alpha value is -1.72. The van der Waals surface area contributed by atoms with Gasteiger partial charge in [0.25, 0.3) is 5.91 Å². The Morgan fingerprint density at radius 1 is 1.25 bits per heavy atom. The molecule has 0 aliphatic carbocycles. The zero-order chi connectivity index (χ0) is 14.1. The number of para-hydroxylation sites is 1. The molecule has 0 bridgehead atoms. The molecule has 0 aliphatic rings. The van der Waals surface area contributed by atoms with Gasteiger partial charge in [-0.2, -0.15) is 0 Å². The van der Waals surface area contributed by atoms with Crippen molar-refractivity contribution in [3.8, 4) is 0 Å². The van der Waals surface area contributed by atoms with E-state index in [1.54, 1.807) is 0 Å². The number of hydrogen-bond acceptors (Lipinski definition) is 3. The molecular formula is C15H11BrN2OS. The van der Waals surface area contributed by atoms with Crippen LogP contribution in [0, 0.1) is 6.92 Å². The van der Waals surface area contributed by atoms with E-state index in [1.165, 1.54) is 11.3 Å². The van der Waals surface area contributed by atoms with E-state index < -0.39 is 0 Å². The summed E-state index contributed by atoms with van der Waals surface area (Å²) in [6.45, 7) is 1.99. The largest absolute Gasteiger partial charge is 0.298 e. The summed E-state index contributed by atoms with van der Waals surface area (Å²) in [5, 5.41) is 3.46. The van der Waals surface area contributed by atoms with Crippen LogP contribution in [-0.4, -0.2) is 10.9 Å². The summed E-state index contributed by atoms with van der Waals surface area (Å²) in [5.41, 5.74) is 2.61. The molecular weight excluding hydrogens is 336 g/mol. The summed E-state index contributed by atoms with van der Waals surface area (Å²) >= 11 is 4.89. The van der Waals surface area contributed by atoms with E-state index in [-0.39, 0.29) is 5.91 Å². The van der Waals surface area contributed by atoms with Crippen LogP contribution in [0.1, 0.15) is 15.9 Å². The molecule has 0 atom stereocenters. The molecule has 1 amide bonds. The maximum absolute atomic E-state index is 12.2. The number of amides is 1. The van der Waals surface area contributed by atoms with Crippen LogP contribution >= 0.6 is 27.3 Å². The maximum atomic E-state index is 12.2. The van der Waals surface area contributed by atoms with Gasteiger partial charge in [0.2, 0.25) is 0 Å². The van der Waals surface area contributed by atoms with Crippen molar-refractivity contribution in [1.29, 1.82) is 0 Å². The minimum Gasteiger partial charge on any atom is -0.298 e. The number of aromatic nitrogens is 1. The second-order valence-corrected chi connectivity index (χ2v) is 6.31. The highest BCUT2D eigenvalue weighted by atomic mass is 79.9. The van der Waals surface area contributed by atoms with Crippen molar-refractivity contribution in [1.82, 2.24) is 4.98 Å². The number of halogens is 1. The van der Waals surface area contributed by atoms with Gasteiger partial charge in [-0.05, 0) is 52.7 Å². The smallest absolute Gasteiger partial charge is 0.258 e. The zero-order valence-corrected chi connectivity index (χ0v) is 13.1. The van der Waals surface area contributed by atoms with Crippen LogP contribution in [0.2, 0.25) is 0 Å². The SMILES string of the molecule is Cc1ccc(C(=O)Nc2nc3ccccc3s2)c(Br)c1. The number of nitrogens with zero attached hydrogens (tertiary/aromatic N) is 1. The fourth-order valence-corrected chi connectivity index (χ4v) is 3.43. The summed E-state index contributed by atoms with van der Waals surface area (Å²) in [6, 6.07) is 13.5. The molecule has 0 fully saturated rings. The number of hydrogen-bond donors (Lipinski definition) is 1. The monoisotopic (exact) mass is 346 g/mol. The molecule has 20 heavy (non-hydrogen) atoms. The van der Waals surface area contributed by atoms with Gasteiger partial charge >= 0.3 is 0 Å². The van der Waals surface area contributed by atoms with Crippen LogP contribution in [0.5, 0.6) is 0 Å². The number of anilines is 1. The van der Waals surface area contributed by atoms with Gasteiger partial charge in [0.15, 0.2) is 5.13 Å². The first-order valence-corrected chi connectivity index (χ1v) is 7.67. The molecule has 0 aliphatic heterocycles. The van der Waals surface area contributed by atoms with Crippen molar-refractivity contribution in [2.45, 2.75) is 6.92 Å². The molecule has 0 saturated heterocycles. The van der Waals surface area contributed by atoms with Gasteiger partial charge in [0.1, 0.15) is 0 Å². The number of aryl methyl sites for hydroxylation is 1. The van der Waals surface area contributed by atoms with Crippen LogP contribution in [0.15, 0.2) is 46.9 Å². The highest BCUT2D eigenvalue weighted by Crippen LogP contribution is 2.26. The number of nitrogens with one attached hydrogen (secondary N) is 1. The molecule has 0 saturated carbocycles. The summed E-state index contributed by atoms with van der Waals surface area (Å²) in [5.74, 6) is -0.157. The lowest BCUT2D eigenvalue weighted by molar-refractivity contribution is 0.102. The Balaban J connectivity index is 1.88. The highest BCUT2D eigenvalue weighted by Gasteiger charge is 2.12. The second-order valence-electron chi connectivity index (χ2n) is 4.42. The number of carbonyl (C=O) groups is 1. The van der Waals surface area contributed by atoms with Crippen LogP contribution < -0.4 is 5.32 Å². The predicted molar refractivity (Wildman–Crippen MR) is 86.5 cm³/mol. The first-order chi connectivity index (χ1) is 9.63. The molecule has 5 heteroatoms. The normalized spacial score (nSPS) is 10.7. The van der Waals surface area contributed by atoms with Gasteiger partial charge in [-0.15, -0.1) is 0 Å². The molecule has 100 valence electrons. The average molecular weight is 347 g/mol. The lowest BCUT2D eigenvalue weighted by Gasteiger charge is -2.04. The van der Waals surface area contributed by atoms with Crippen molar-refractivity contribution in [3.63, 3.8) is 0 Å². The second kappa shape index (κ2) is 5.34. The molecule has 3 nitrogen and oxygen atoms in total. The lowest BCUT2D eigenvalue weighted by atomic mass is 10.1. The Kier molecular flexibility index (Phi) is 3.54. The third-order valence-corrected chi connectivity index (χ3v) is 4.49. The number of benzene rings is 2. The number of thiazole rings is 1. The van der Waals surface area contributed by atoms with Crippen LogP contribution in [0.25, 0.3) is 10.2 Å². The number of carbonyl (C=O) groups excluding carboxylic acids is 1. The van der Waals surface area contributed by atoms with E-state index >= 15 is 0 Å². The maximum Gasteiger partial charge on any atom is 0.258 e. The molecule has 1 heterocycles. The standard InChI is InChI=1S/C15H11BrN2OS/c1-9-6-7-10(11(16)8-9)14(19)18-15-17-12-4-2-3-5-13(12)20-15/h2-8H,1H3,(H,17,18,19). The van der Waals surface area contributed by atoms with Gasteiger partial charge in [0, 0.05) is 4.47 Å². The van der Waals surface area contributed by atoms with Crippen molar-refractivity contribution >= 4 is 48.5 Å². The summed E-state index contributed by atoms with van der Waals surface area (Å²) in [7, 11) is 0. The predicted octanol–water partition coefficient (Wildman–Crippen LogP) is 4.62. The number of rotatable bonds is 2. The Labute approximate surface area is 128 Å². The van der Waals surface area contributed by atoms with Gasteiger partial charge in [-0.25, -0.2) is 4.98 Å². The van der Waals surface area contributed by atoms with Crippen LogP contribution in [0.3, 0.4) is 0 Å². The van der Waals surface area contributed by atoms with E-state index in [2.05, 4.69) is 26.2 Å². The summed E-state index contributed by atoms with van der Waals surface area (Å²) < 4.78 is 1.85. The van der Waals surface area contributed by atoms with Crippen molar-refractivity contribution in [2.75, 3.05) is 5.32 Å². The lowest BCUT2D eigenvalue weighted by Crippen LogP contribution is -2.12. The molecule has 1 aromatic heterocycles. The minimum atomic E-state index is -0.157. The zero-order valence-electron chi connectivity index (χ0n) is 10.7. The molecule has 0 radical (unpaired) electrons. The topological polar surface area (TPSA) is 42.0 Å². The van der Waals surface area contributed by atoms with Gasteiger partial charge < -0.3 is 0 Å². The van der Waals surface area contributed by atoms with E-state index in [9.17, 15) is 4.79 Å². The first-order valence-electron chi connectivity index (χ1n) is 6.06. The average Bonchev–Trinajstić information content (AvgIpc) is 2.80.